The van der Waals surface area contributed by atoms with Gasteiger partial charge >= 0.3 is 0 Å². The van der Waals surface area contributed by atoms with E-state index < -0.39 is 9.29 Å². The minimum absolute atomic E-state index is 0.215. The average molecular weight is 347 g/mol. The summed E-state index contributed by atoms with van der Waals surface area (Å²) in [4.78, 5) is 12.5. The number of halogens is 4. The molecule has 0 bridgehead atoms. The van der Waals surface area contributed by atoms with Crippen molar-refractivity contribution in [3.05, 3.63) is 29.8 Å². The zero-order valence-corrected chi connectivity index (χ0v) is 13.3. The highest BCUT2D eigenvalue weighted by Crippen LogP contribution is 2.32. The smallest absolute Gasteiger partial charge is 0.231 e. The molecular weight excluding hydrogens is 336 g/mol. The summed E-state index contributed by atoms with van der Waals surface area (Å²) < 4.78 is -1.72. The van der Waals surface area contributed by atoms with E-state index in [1.54, 1.807) is 0 Å². The van der Waals surface area contributed by atoms with E-state index in [0.29, 0.717) is 0 Å². The Bertz CT molecular complexity index is 404. The molecule has 1 aromatic rings. The molecule has 1 atom stereocenters. The van der Waals surface area contributed by atoms with Gasteiger partial charge < -0.3 is 5.32 Å². The number of amides is 1. The molecule has 0 aliphatic heterocycles. The number of thioether (sulfide) groups is 1. The molecule has 0 aliphatic carbocycles. The monoisotopic (exact) mass is 345 g/mol. The third kappa shape index (κ3) is 5.89. The largest absolute Gasteiger partial charge is 0.335 e. The molecule has 1 N–H and O–H groups in total. The summed E-state index contributed by atoms with van der Waals surface area (Å²) in [6, 6.07) is 7.85. The number of benzene rings is 1. The first kappa shape index (κ1) is 16.3. The Hall–Kier alpha value is 0.200. The van der Waals surface area contributed by atoms with Gasteiger partial charge in [-0.1, -0.05) is 64.1 Å². The molecule has 18 heavy (non-hydrogen) atoms. The van der Waals surface area contributed by atoms with Crippen LogP contribution in [-0.4, -0.2) is 21.0 Å². The summed E-state index contributed by atoms with van der Waals surface area (Å²) in [7, 11) is 0. The van der Waals surface area contributed by atoms with Gasteiger partial charge in [-0.3, -0.25) is 4.79 Å². The van der Waals surface area contributed by atoms with Crippen LogP contribution in [0.25, 0.3) is 0 Å². The lowest BCUT2D eigenvalue weighted by Crippen LogP contribution is -2.40. The summed E-state index contributed by atoms with van der Waals surface area (Å²) in [5, 5.41) is 2.41. The van der Waals surface area contributed by atoms with Gasteiger partial charge in [0.1, 0.15) is 0 Å². The highest BCUT2D eigenvalue weighted by atomic mass is 35.6. The zero-order chi connectivity index (χ0) is 13.8. The highest BCUT2D eigenvalue weighted by molar-refractivity contribution is 8.00. The van der Waals surface area contributed by atoms with Crippen molar-refractivity contribution in [1.82, 2.24) is 5.32 Å². The summed E-state index contributed by atoms with van der Waals surface area (Å²) in [5.74, 6) is -0.0700. The first-order valence-corrected chi connectivity index (χ1v) is 7.54. The lowest BCUT2D eigenvalue weighted by Gasteiger charge is -2.19. The summed E-state index contributed by atoms with van der Waals surface area (Å²) in [6.07, 6.45) is 0. The van der Waals surface area contributed by atoms with Gasteiger partial charge in [-0.05, 0) is 19.1 Å². The van der Waals surface area contributed by atoms with Gasteiger partial charge in [-0.15, -0.1) is 11.8 Å². The maximum Gasteiger partial charge on any atom is 0.231 e. The first-order chi connectivity index (χ1) is 8.29. The molecule has 0 fully saturated rings. The van der Waals surface area contributed by atoms with E-state index in [1.807, 2.05) is 31.2 Å². The van der Waals surface area contributed by atoms with Gasteiger partial charge in [0.05, 0.1) is 5.75 Å². The van der Waals surface area contributed by atoms with E-state index in [0.717, 1.165) is 4.90 Å². The fraction of sp³-hybridized carbons (Fsp3) is 0.364. The van der Waals surface area contributed by atoms with E-state index in [4.69, 9.17) is 46.4 Å². The summed E-state index contributed by atoms with van der Waals surface area (Å²) in [5.41, 5.74) is 0.120. The molecule has 0 unspecified atom stereocenters. The Morgan fingerprint density at radius 3 is 2.39 bits per heavy atom. The third-order valence-corrected chi connectivity index (χ3v) is 4.40. The standard InChI is InChI=1S/C11H11Cl4NOS/c1-7-2-4-8(5-3-7)18-6-9(17)16-10(12)11(13,14)15/h2-5,10H,6H2,1H3,(H,16,17)/t10-/m0/s1. The van der Waals surface area contributed by atoms with Gasteiger partial charge in [-0.2, -0.15) is 0 Å². The molecule has 0 spiro atoms. The number of carbonyl (C=O) groups is 1. The van der Waals surface area contributed by atoms with Crippen LogP contribution < -0.4 is 5.32 Å². The molecular formula is C11H11Cl4NOS. The molecule has 2 nitrogen and oxygen atoms in total. The Morgan fingerprint density at radius 1 is 1.33 bits per heavy atom. The fourth-order valence-electron chi connectivity index (χ4n) is 1.05. The second-order valence-electron chi connectivity index (χ2n) is 3.57. The van der Waals surface area contributed by atoms with Crippen molar-refractivity contribution in [2.45, 2.75) is 21.1 Å². The molecule has 0 radical (unpaired) electrons. The van der Waals surface area contributed by atoms with E-state index in [9.17, 15) is 4.79 Å². The van der Waals surface area contributed by atoms with Gasteiger partial charge in [0.2, 0.25) is 9.70 Å². The van der Waals surface area contributed by atoms with Crippen LogP contribution >= 0.6 is 58.2 Å². The summed E-state index contributed by atoms with van der Waals surface area (Å²) in [6.45, 7) is 2.00. The molecule has 0 saturated heterocycles. The Morgan fingerprint density at radius 2 is 1.89 bits per heavy atom. The average Bonchev–Trinajstić information content (AvgIpc) is 2.27. The third-order valence-electron chi connectivity index (χ3n) is 1.97. The number of alkyl halides is 4. The Labute approximate surface area is 130 Å². The number of aryl methyl sites for hydroxylation is 1. The van der Waals surface area contributed by atoms with E-state index in [1.165, 1.54) is 17.3 Å². The lowest BCUT2D eigenvalue weighted by molar-refractivity contribution is -0.118. The van der Waals surface area contributed by atoms with Crippen molar-refractivity contribution in [2.75, 3.05) is 5.75 Å². The molecule has 0 aliphatic rings. The second kappa shape index (κ2) is 7.11. The van der Waals surface area contributed by atoms with Gasteiger partial charge in [0, 0.05) is 4.90 Å². The number of carbonyl (C=O) groups excluding carboxylic acids is 1. The van der Waals surface area contributed by atoms with E-state index >= 15 is 0 Å². The number of rotatable bonds is 4. The normalized spacial score (nSPS) is 13.2. The van der Waals surface area contributed by atoms with Crippen molar-refractivity contribution in [3.8, 4) is 0 Å². The maximum atomic E-state index is 11.5. The van der Waals surface area contributed by atoms with Crippen molar-refractivity contribution in [3.63, 3.8) is 0 Å². The van der Waals surface area contributed by atoms with Crippen LogP contribution in [0.2, 0.25) is 0 Å². The van der Waals surface area contributed by atoms with Crippen LogP contribution in [0.3, 0.4) is 0 Å². The van der Waals surface area contributed by atoms with Crippen LogP contribution in [0.1, 0.15) is 5.56 Å². The SMILES string of the molecule is Cc1ccc(SCC(=O)N[C@H](Cl)C(Cl)(Cl)Cl)cc1. The van der Waals surface area contributed by atoms with Crippen LogP contribution in [0.5, 0.6) is 0 Å². The highest BCUT2D eigenvalue weighted by Gasteiger charge is 2.31. The van der Waals surface area contributed by atoms with Crippen LogP contribution in [0.4, 0.5) is 0 Å². The number of nitrogens with one attached hydrogen (secondary N) is 1. The number of hydrogen-bond acceptors (Lipinski definition) is 2. The predicted molar refractivity (Wildman–Crippen MR) is 80.0 cm³/mol. The molecule has 0 saturated carbocycles. The van der Waals surface area contributed by atoms with Gasteiger partial charge in [0.25, 0.3) is 0 Å². The fourth-order valence-corrected chi connectivity index (χ4v) is 2.04. The Kier molecular flexibility index (Phi) is 6.42. The molecule has 0 heterocycles. The van der Waals surface area contributed by atoms with Gasteiger partial charge in [-0.25, -0.2) is 0 Å². The van der Waals surface area contributed by atoms with Crippen molar-refractivity contribution in [1.29, 1.82) is 0 Å². The lowest BCUT2D eigenvalue weighted by atomic mass is 10.2. The van der Waals surface area contributed by atoms with Crippen LogP contribution in [-0.2, 0) is 4.79 Å². The molecule has 1 aromatic carbocycles. The van der Waals surface area contributed by atoms with Crippen LogP contribution in [0.15, 0.2) is 29.2 Å². The van der Waals surface area contributed by atoms with Crippen LogP contribution in [0, 0.1) is 6.92 Å². The minimum atomic E-state index is -1.72. The molecule has 0 aromatic heterocycles. The minimum Gasteiger partial charge on any atom is -0.335 e. The number of hydrogen-bond donors (Lipinski definition) is 1. The molecule has 1 amide bonds. The second-order valence-corrected chi connectivity index (χ2v) is 7.43. The zero-order valence-electron chi connectivity index (χ0n) is 9.42. The summed E-state index contributed by atoms with van der Waals surface area (Å²) >= 11 is 23.7. The van der Waals surface area contributed by atoms with Crippen molar-refractivity contribution < 1.29 is 4.79 Å². The van der Waals surface area contributed by atoms with E-state index in [-0.39, 0.29) is 11.7 Å². The van der Waals surface area contributed by atoms with Crippen molar-refractivity contribution >= 4 is 64.1 Å². The van der Waals surface area contributed by atoms with Crippen molar-refractivity contribution in [2.24, 2.45) is 0 Å². The quantitative estimate of drug-likeness (QED) is 0.504. The maximum absolute atomic E-state index is 11.5. The topological polar surface area (TPSA) is 29.1 Å². The molecule has 100 valence electrons. The first-order valence-electron chi connectivity index (χ1n) is 4.98. The van der Waals surface area contributed by atoms with E-state index in [2.05, 4.69) is 5.32 Å². The van der Waals surface area contributed by atoms with Gasteiger partial charge in [0.15, 0.2) is 5.50 Å². The molecule has 7 heteroatoms. The Balaban J connectivity index is 2.40. The molecule has 1 rings (SSSR count). The predicted octanol–water partition coefficient (Wildman–Crippen LogP) is 4.14.